The molecule has 174 valence electrons. The Hall–Kier alpha value is -2.45. The van der Waals surface area contributed by atoms with Gasteiger partial charge in [0.1, 0.15) is 10.6 Å². The molecular weight excluding hydrogens is 547 g/mol. The summed E-state index contributed by atoms with van der Waals surface area (Å²) >= 11 is 3.13. The van der Waals surface area contributed by atoms with E-state index in [1.54, 1.807) is 12.1 Å². The minimum atomic E-state index is -10.3. The van der Waals surface area contributed by atoms with Gasteiger partial charge in [-0.3, -0.25) is 9.78 Å². The van der Waals surface area contributed by atoms with Crippen molar-refractivity contribution in [2.75, 3.05) is 7.05 Å². The first-order valence-corrected chi connectivity index (χ1v) is 12.9. The Kier molecular flexibility index (Phi) is 5.31. The lowest BCUT2D eigenvalue weighted by Crippen LogP contribution is -2.20. The number of amides is 1. The molecule has 1 amide bonds. The highest BCUT2D eigenvalue weighted by molar-refractivity contribution is 9.10. The summed E-state index contributed by atoms with van der Waals surface area (Å²) in [5, 5.41) is 12.6. The van der Waals surface area contributed by atoms with Gasteiger partial charge < -0.3 is 10.4 Å². The molecule has 0 fully saturated rings. The highest BCUT2D eigenvalue weighted by Gasteiger charge is 2.65. The fraction of sp³-hybridized carbons (Fsp3) is 0.111. The van der Waals surface area contributed by atoms with E-state index < -0.39 is 58.4 Å². The molecule has 0 atom stereocenters. The molecule has 2 aromatic carbocycles. The molecule has 14 heteroatoms. The van der Waals surface area contributed by atoms with E-state index in [1.807, 2.05) is 5.32 Å². The second kappa shape index (κ2) is 7.02. The summed E-state index contributed by atoms with van der Waals surface area (Å²) in [6, 6.07) is 5.41. The van der Waals surface area contributed by atoms with Gasteiger partial charge in [0.2, 0.25) is 0 Å². The van der Waals surface area contributed by atoms with Crippen molar-refractivity contribution < 1.29 is 37.7 Å². The predicted octanol–water partition coefficient (Wildman–Crippen LogP) is 5.69. The molecule has 0 aliphatic rings. The van der Waals surface area contributed by atoms with Gasteiger partial charge in [0.25, 0.3) is 5.91 Å². The van der Waals surface area contributed by atoms with E-state index in [2.05, 4.69) is 20.9 Å². The number of aromatic hydroxyl groups is 1. The molecule has 1 aromatic heterocycles. The summed E-state index contributed by atoms with van der Waals surface area (Å²) in [6.07, 6.45) is 1.30. The van der Waals surface area contributed by atoms with Crippen LogP contribution in [0.1, 0.15) is 15.9 Å². The van der Waals surface area contributed by atoms with Crippen LogP contribution in [0, 0.1) is 0 Å². The van der Waals surface area contributed by atoms with Gasteiger partial charge in [-0.1, -0.05) is 41.4 Å². The topological polar surface area (TPSA) is 96.4 Å². The number of sulfone groups is 1. The van der Waals surface area contributed by atoms with Crippen molar-refractivity contribution in [1.82, 2.24) is 10.3 Å². The number of pyridine rings is 1. The molecule has 3 rings (SSSR count). The van der Waals surface area contributed by atoms with E-state index in [4.69, 9.17) is 0 Å². The van der Waals surface area contributed by atoms with Gasteiger partial charge in [-0.15, -0.1) is 0 Å². The van der Waals surface area contributed by atoms with Crippen molar-refractivity contribution in [3.63, 3.8) is 0 Å². The van der Waals surface area contributed by atoms with Crippen molar-refractivity contribution in [1.29, 1.82) is 0 Å². The maximum Gasteiger partial charge on any atom is 0.310 e. The number of nitrogens with zero attached hydrogens (tertiary/aromatic N) is 1. The lowest BCUT2D eigenvalue weighted by Gasteiger charge is -2.41. The summed E-state index contributed by atoms with van der Waals surface area (Å²) in [4.78, 5) is 13.0. The van der Waals surface area contributed by atoms with E-state index in [1.165, 1.54) is 12.3 Å². The Morgan fingerprint density at radius 2 is 1.81 bits per heavy atom. The Morgan fingerprint density at radius 1 is 1.16 bits per heavy atom. The maximum absolute atomic E-state index is 13.4. The van der Waals surface area contributed by atoms with E-state index in [9.17, 15) is 37.7 Å². The summed E-state index contributed by atoms with van der Waals surface area (Å²) in [5.41, 5.74) is -2.16. The molecule has 0 spiro atoms. The number of nitrogens with one attached hydrogen (secondary N) is 1. The maximum atomic E-state index is 13.4. The van der Waals surface area contributed by atoms with Gasteiger partial charge in [0.05, 0.1) is 21.7 Å². The molecular formula is C18H14BrF5N2O4S2. The van der Waals surface area contributed by atoms with Crippen LogP contribution in [0.4, 0.5) is 19.4 Å². The minimum absolute atomic E-state index is 0.00872. The average molecular weight is 561 g/mol. The van der Waals surface area contributed by atoms with Gasteiger partial charge in [-0.05, 0) is 30.3 Å². The fourth-order valence-corrected chi connectivity index (χ4v) is 5.84. The second-order valence-corrected chi connectivity index (χ2v) is 12.0. The molecule has 3 aromatic rings. The Bertz CT molecular complexity index is 1380. The predicted molar refractivity (Wildman–Crippen MR) is 113 cm³/mol. The van der Waals surface area contributed by atoms with Crippen LogP contribution in [0.3, 0.4) is 0 Å². The molecule has 1 heterocycles. The number of aromatic nitrogens is 1. The van der Waals surface area contributed by atoms with E-state index >= 15 is 0 Å². The van der Waals surface area contributed by atoms with Crippen LogP contribution >= 0.6 is 26.2 Å². The standard InChI is InChI=1S/C18H14BrF5N2O4S2/c1-25-18(28)14-8-13(32(20,21,22,23)24)6-11(17(14)27)9-31(29,30)15-7-12(19)5-10-3-2-4-26-16(10)15/h2-8,27H,9H2,1H3,(H,25,28). The van der Waals surface area contributed by atoms with Crippen LogP contribution in [0.5, 0.6) is 5.75 Å². The quantitative estimate of drug-likeness (QED) is 0.390. The number of fused-ring (bicyclic) bond motifs is 1. The fourth-order valence-electron chi connectivity index (χ4n) is 2.95. The number of halogens is 6. The van der Waals surface area contributed by atoms with Crippen LogP contribution in [0.2, 0.25) is 0 Å². The lowest BCUT2D eigenvalue weighted by atomic mass is 10.1. The molecule has 0 saturated carbocycles. The normalized spacial score (nSPS) is 14.6. The molecule has 0 aliphatic carbocycles. The highest BCUT2D eigenvalue weighted by Crippen LogP contribution is 3.02. The van der Waals surface area contributed by atoms with Crippen molar-refractivity contribution in [3.05, 3.63) is 58.2 Å². The first-order chi connectivity index (χ1) is 14.4. The number of phenolic OH excluding ortho intramolecular Hbond substituents is 1. The summed E-state index contributed by atoms with van der Waals surface area (Å²) < 4.78 is 93.7. The van der Waals surface area contributed by atoms with Crippen molar-refractivity contribution in [3.8, 4) is 5.75 Å². The largest absolute Gasteiger partial charge is 0.507 e. The van der Waals surface area contributed by atoms with Crippen LogP contribution in [0.25, 0.3) is 10.9 Å². The average Bonchev–Trinajstić information content (AvgIpc) is 2.66. The van der Waals surface area contributed by atoms with Crippen LogP contribution < -0.4 is 5.32 Å². The number of hydrogen-bond acceptors (Lipinski definition) is 5. The molecule has 0 aliphatic heterocycles. The number of carbonyl (C=O) groups excluding carboxylic acids is 1. The van der Waals surface area contributed by atoms with Gasteiger partial charge in [-0.2, -0.15) is 0 Å². The first kappa shape index (κ1) is 24.2. The molecule has 0 unspecified atom stereocenters. The van der Waals surface area contributed by atoms with Crippen molar-refractivity contribution >= 4 is 52.8 Å². The summed E-state index contributed by atoms with van der Waals surface area (Å²) in [6.45, 7) is 0. The number of hydrogen-bond donors (Lipinski definition) is 2. The molecule has 6 nitrogen and oxygen atoms in total. The Labute approximate surface area is 187 Å². The zero-order valence-corrected chi connectivity index (χ0v) is 19.2. The summed E-state index contributed by atoms with van der Waals surface area (Å²) in [7, 11) is -13.8. The van der Waals surface area contributed by atoms with Gasteiger partial charge in [0.15, 0.2) is 9.84 Å². The van der Waals surface area contributed by atoms with Crippen molar-refractivity contribution in [2.45, 2.75) is 15.5 Å². The molecule has 0 saturated heterocycles. The third-order valence-electron chi connectivity index (χ3n) is 4.39. The molecule has 32 heavy (non-hydrogen) atoms. The smallest absolute Gasteiger partial charge is 0.310 e. The molecule has 0 radical (unpaired) electrons. The monoisotopic (exact) mass is 560 g/mol. The lowest BCUT2D eigenvalue weighted by molar-refractivity contribution is 0.0960. The SMILES string of the molecule is CNC(=O)c1cc(S(F)(F)(F)(F)F)cc(CS(=O)(=O)c2cc(Br)cc3cccnc23)c1O. The van der Waals surface area contributed by atoms with Gasteiger partial charge >= 0.3 is 10.2 Å². The third kappa shape index (κ3) is 4.81. The van der Waals surface area contributed by atoms with Crippen molar-refractivity contribution in [2.24, 2.45) is 0 Å². The minimum Gasteiger partial charge on any atom is -0.507 e. The number of carbonyl (C=O) groups is 1. The summed E-state index contributed by atoms with van der Waals surface area (Å²) in [5.74, 6) is -3.77. The highest BCUT2D eigenvalue weighted by atomic mass is 79.9. The zero-order valence-electron chi connectivity index (χ0n) is 16.0. The van der Waals surface area contributed by atoms with Gasteiger partial charge in [0, 0.05) is 28.7 Å². The van der Waals surface area contributed by atoms with E-state index in [0.29, 0.717) is 9.86 Å². The van der Waals surface area contributed by atoms with E-state index in [0.717, 1.165) is 13.1 Å². The molecule has 0 bridgehead atoms. The van der Waals surface area contributed by atoms with Crippen LogP contribution in [-0.4, -0.2) is 31.5 Å². The first-order valence-electron chi connectivity index (χ1n) is 8.52. The number of rotatable bonds is 5. The number of benzene rings is 2. The second-order valence-electron chi connectivity index (χ2n) is 6.76. The number of phenols is 1. The Balaban J connectivity index is 2.26. The van der Waals surface area contributed by atoms with Crippen LogP contribution in [0.15, 0.2) is 56.9 Å². The zero-order chi connectivity index (χ0) is 24.2. The molecule has 2 N–H and O–H groups in total. The van der Waals surface area contributed by atoms with Crippen LogP contribution in [-0.2, 0) is 15.6 Å². The van der Waals surface area contributed by atoms with Gasteiger partial charge in [-0.25, -0.2) is 8.42 Å². The van der Waals surface area contributed by atoms with E-state index in [-0.39, 0.29) is 17.6 Å². The Morgan fingerprint density at radius 3 is 2.41 bits per heavy atom. The third-order valence-corrected chi connectivity index (χ3v) is 7.65.